The van der Waals surface area contributed by atoms with Gasteiger partial charge in [-0.25, -0.2) is 13.2 Å². The van der Waals surface area contributed by atoms with Crippen molar-refractivity contribution in [3.8, 4) is 0 Å². The van der Waals surface area contributed by atoms with E-state index in [1.165, 1.54) is 11.0 Å². The third kappa shape index (κ3) is 3.13. The molecule has 1 aliphatic heterocycles. The van der Waals surface area contributed by atoms with Gasteiger partial charge in [-0.3, -0.25) is 4.79 Å². The minimum Gasteiger partial charge on any atom is -0.309 e. The van der Waals surface area contributed by atoms with Gasteiger partial charge in [-0.2, -0.15) is 0 Å². The van der Waals surface area contributed by atoms with Crippen molar-refractivity contribution in [3.63, 3.8) is 0 Å². The van der Waals surface area contributed by atoms with Crippen molar-refractivity contribution in [2.24, 2.45) is 0 Å². The second kappa shape index (κ2) is 6.64. The molecule has 22 heavy (non-hydrogen) atoms. The highest BCUT2D eigenvalue weighted by Gasteiger charge is 2.35. The number of likely N-dealkylation sites (tertiary alicyclic amines) is 1. The van der Waals surface area contributed by atoms with Gasteiger partial charge in [0.05, 0.1) is 11.6 Å². The Morgan fingerprint density at radius 2 is 1.95 bits per heavy atom. The number of carbonyl (C=O) groups excluding carboxylic acids is 1. The van der Waals surface area contributed by atoms with Gasteiger partial charge in [0.25, 0.3) is 0 Å². The summed E-state index contributed by atoms with van der Waals surface area (Å²) in [5, 5.41) is 0. The molecule has 1 unspecified atom stereocenters. The van der Waals surface area contributed by atoms with Crippen LogP contribution in [0.15, 0.2) is 54.5 Å². The van der Waals surface area contributed by atoms with Crippen molar-refractivity contribution in [1.29, 1.82) is 0 Å². The number of allylic oxidation sites excluding steroid dienone is 4. The molecule has 1 atom stereocenters. The third-order valence-electron chi connectivity index (χ3n) is 3.53. The summed E-state index contributed by atoms with van der Waals surface area (Å²) in [6.07, 6.45) is 4.48. The quantitative estimate of drug-likeness (QED) is 0.763. The van der Waals surface area contributed by atoms with E-state index < -0.39 is 23.4 Å². The summed E-state index contributed by atoms with van der Waals surface area (Å²) in [4.78, 5) is 13.8. The Labute approximate surface area is 127 Å². The van der Waals surface area contributed by atoms with E-state index in [1.54, 1.807) is 13.0 Å². The summed E-state index contributed by atoms with van der Waals surface area (Å²) >= 11 is 0. The van der Waals surface area contributed by atoms with Gasteiger partial charge >= 0.3 is 0 Å². The SMILES string of the molecule is C=CC(F)=C(C=CC)N1CCC(c2cc(F)cc(F)c2)C1=O. The zero-order valence-electron chi connectivity index (χ0n) is 12.2. The third-order valence-corrected chi connectivity index (χ3v) is 3.53. The lowest BCUT2D eigenvalue weighted by Gasteiger charge is -2.18. The predicted octanol–water partition coefficient (Wildman–Crippen LogP) is 4.22. The molecule has 0 radical (unpaired) electrons. The standard InChI is InChI=1S/C17H16F3NO/c1-3-5-16(15(20)4-2)21-7-6-14(17(21)22)11-8-12(18)10-13(19)9-11/h3-5,8-10,14H,2,6-7H2,1H3. The molecule has 2 nitrogen and oxygen atoms in total. The number of benzene rings is 1. The molecule has 2 rings (SSSR count). The van der Waals surface area contributed by atoms with E-state index >= 15 is 0 Å². The first-order valence-corrected chi connectivity index (χ1v) is 6.90. The van der Waals surface area contributed by atoms with Gasteiger partial charge in [-0.1, -0.05) is 12.7 Å². The fourth-order valence-electron chi connectivity index (χ4n) is 2.57. The fourth-order valence-corrected chi connectivity index (χ4v) is 2.57. The lowest BCUT2D eigenvalue weighted by atomic mass is 9.97. The van der Waals surface area contributed by atoms with Crippen molar-refractivity contribution >= 4 is 5.91 Å². The van der Waals surface area contributed by atoms with Crippen molar-refractivity contribution in [3.05, 3.63) is 71.7 Å². The van der Waals surface area contributed by atoms with E-state index in [2.05, 4.69) is 6.58 Å². The van der Waals surface area contributed by atoms with Crippen molar-refractivity contribution < 1.29 is 18.0 Å². The zero-order valence-corrected chi connectivity index (χ0v) is 12.2. The van der Waals surface area contributed by atoms with Crippen LogP contribution < -0.4 is 0 Å². The van der Waals surface area contributed by atoms with Gasteiger partial charge in [0.1, 0.15) is 17.5 Å². The molecule has 1 aromatic carbocycles. The Bertz CT molecular complexity index is 644. The highest BCUT2D eigenvalue weighted by molar-refractivity contribution is 5.87. The summed E-state index contributed by atoms with van der Waals surface area (Å²) in [5.41, 5.74) is 0.380. The number of nitrogens with zero attached hydrogens (tertiary/aromatic N) is 1. The van der Waals surface area contributed by atoms with E-state index in [9.17, 15) is 18.0 Å². The molecule has 1 fully saturated rings. The molecule has 1 aromatic rings. The second-order valence-corrected chi connectivity index (χ2v) is 4.97. The largest absolute Gasteiger partial charge is 0.309 e. The Kier molecular flexibility index (Phi) is 4.85. The van der Waals surface area contributed by atoms with Crippen LogP contribution >= 0.6 is 0 Å². The molecular weight excluding hydrogens is 291 g/mol. The molecule has 0 aliphatic carbocycles. The maximum Gasteiger partial charge on any atom is 0.234 e. The molecule has 0 N–H and O–H groups in total. The van der Waals surface area contributed by atoms with Gasteiger partial charge in [0.2, 0.25) is 5.91 Å². The van der Waals surface area contributed by atoms with E-state index in [1.807, 2.05) is 0 Å². The van der Waals surface area contributed by atoms with E-state index in [0.717, 1.165) is 24.3 Å². The number of carbonyl (C=O) groups is 1. The Morgan fingerprint density at radius 1 is 1.32 bits per heavy atom. The molecule has 1 saturated heterocycles. The molecule has 5 heteroatoms. The predicted molar refractivity (Wildman–Crippen MR) is 78.6 cm³/mol. The van der Waals surface area contributed by atoms with Crippen LogP contribution in [-0.4, -0.2) is 17.4 Å². The molecule has 0 spiro atoms. The average molecular weight is 307 g/mol. The van der Waals surface area contributed by atoms with Crippen LogP contribution in [0, 0.1) is 11.6 Å². The zero-order chi connectivity index (χ0) is 16.3. The van der Waals surface area contributed by atoms with Crippen LogP contribution in [0.5, 0.6) is 0 Å². The van der Waals surface area contributed by atoms with Crippen LogP contribution in [0.25, 0.3) is 0 Å². The van der Waals surface area contributed by atoms with Crippen molar-refractivity contribution in [2.75, 3.05) is 6.54 Å². The Balaban J connectivity index is 2.35. The van der Waals surface area contributed by atoms with Gasteiger partial charge in [-0.05, 0) is 43.2 Å². The van der Waals surface area contributed by atoms with Gasteiger partial charge < -0.3 is 4.90 Å². The van der Waals surface area contributed by atoms with Gasteiger partial charge in [0, 0.05) is 12.6 Å². The van der Waals surface area contributed by atoms with Crippen LogP contribution in [0.4, 0.5) is 13.2 Å². The highest BCUT2D eigenvalue weighted by atomic mass is 19.1. The lowest BCUT2D eigenvalue weighted by Crippen LogP contribution is -2.26. The van der Waals surface area contributed by atoms with Crippen molar-refractivity contribution in [2.45, 2.75) is 19.3 Å². The molecule has 1 aliphatic rings. The first-order valence-electron chi connectivity index (χ1n) is 6.90. The molecule has 116 valence electrons. The minimum atomic E-state index is -0.734. The lowest BCUT2D eigenvalue weighted by molar-refractivity contribution is -0.127. The summed E-state index contributed by atoms with van der Waals surface area (Å²) in [6, 6.07) is 3.03. The van der Waals surface area contributed by atoms with Crippen LogP contribution in [0.1, 0.15) is 24.8 Å². The van der Waals surface area contributed by atoms with Crippen LogP contribution in [0.3, 0.4) is 0 Å². The van der Waals surface area contributed by atoms with Crippen LogP contribution in [-0.2, 0) is 4.79 Å². The maximum atomic E-state index is 13.9. The topological polar surface area (TPSA) is 20.3 Å². The van der Waals surface area contributed by atoms with Gasteiger partial charge in [-0.15, -0.1) is 0 Å². The summed E-state index contributed by atoms with van der Waals surface area (Å²) in [6.45, 7) is 5.34. The van der Waals surface area contributed by atoms with E-state index in [-0.39, 0.29) is 23.7 Å². The number of hydrogen-bond donors (Lipinski definition) is 0. The first kappa shape index (κ1) is 16.1. The number of hydrogen-bond acceptors (Lipinski definition) is 1. The maximum absolute atomic E-state index is 13.9. The fraction of sp³-hybridized carbons (Fsp3) is 0.235. The minimum absolute atomic E-state index is 0.113. The number of halogens is 3. The number of rotatable bonds is 4. The summed E-state index contributed by atoms with van der Waals surface area (Å²) < 4.78 is 40.5. The first-order chi connectivity index (χ1) is 10.5. The van der Waals surface area contributed by atoms with Crippen molar-refractivity contribution in [1.82, 2.24) is 4.90 Å². The van der Waals surface area contributed by atoms with E-state index in [4.69, 9.17) is 0 Å². The highest BCUT2D eigenvalue weighted by Crippen LogP contribution is 2.33. The monoisotopic (exact) mass is 307 g/mol. The summed E-state index contributed by atoms with van der Waals surface area (Å²) in [5.74, 6) is -3.14. The molecule has 1 heterocycles. The second-order valence-electron chi connectivity index (χ2n) is 4.97. The number of amides is 1. The molecule has 0 bridgehead atoms. The van der Waals surface area contributed by atoms with Crippen LogP contribution in [0.2, 0.25) is 0 Å². The smallest absolute Gasteiger partial charge is 0.234 e. The Hall–Kier alpha value is -2.30. The molecule has 1 amide bonds. The van der Waals surface area contributed by atoms with E-state index in [0.29, 0.717) is 6.42 Å². The Morgan fingerprint density at radius 3 is 2.50 bits per heavy atom. The molecule has 0 aromatic heterocycles. The molecular formula is C17H16F3NO. The summed E-state index contributed by atoms with van der Waals surface area (Å²) in [7, 11) is 0. The van der Waals surface area contributed by atoms with Gasteiger partial charge in [0.15, 0.2) is 0 Å². The molecule has 0 saturated carbocycles. The average Bonchev–Trinajstić information content (AvgIpc) is 2.84. The normalized spacial score (nSPS) is 19.7.